The van der Waals surface area contributed by atoms with Crippen LogP contribution in [0.2, 0.25) is 0 Å². The number of nitrogens with zero attached hydrogens (tertiary/aromatic N) is 3. The Morgan fingerprint density at radius 2 is 2.03 bits per heavy atom. The van der Waals surface area contributed by atoms with Crippen molar-refractivity contribution in [3.63, 3.8) is 0 Å². The quantitative estimate of drug-likeness (QED) is 0.528. The van der Waals surface area contributed by atoms with Crippen LogP contribution in [0.4, 0.5) is 10.8 Å². The van der Waals surface area contributed by atoms with E-state index >= 15 is 0 Å². The highest BCUT2D eigenvalue weighted by Crippen LogP contribution is 2.36. The molecule has 0 unspecified atom stereocenters. The zero-order chi connectivity index (χ0) is 20.2. The second kappa shape index (κ2) is 9.00. The Labute approximate surface area is 177 Å². The predicted octanol–water partition coefficient (Wildman–Crippen LogP) is 3.34. The van der Waals surface area contributed by atoms with E-state index in [9.17, 15) is 9.59 Å². The van der Waals surface area contributed by atoms with Crippen LogP contribution >= 0.6 is 23.1 Å². The van der Waals surface area contributed by atoms with Crippen LogP contribution in [0.1, 0.15) is 32.6 Å². The average molecular weight is 435 g/mol. The molecule has 2 amide bonds. The fraction of sp³-hybridized carbons (Fsp3) is 0.474. The van der Waals surface area contributed by atoms with E-state index in [0.29, 0.717) is 46.3 Å². The second-order valence-corrected chi connectivity index (χ2v) is 8.93. The summed E-state index contributed by atoms with van der Waals surface area (Å²) in [6.07, 6.45) is 3.28. The Morgan fingerprint density at radius 3 is 2.79 bits per heavy atom. The summed E-state index contributed by atoms with van der Waals surface area (Å²) in [4.78, 5) is 26.2. The second-order valence-electron chi connectivity index (χ2n) is 6.75. The number of carbonyl (C=O) groups is 2. The lowest BCUT2D eigenvalue weighted by atomic mass is 10.2. The smallest absolute Gasteiger partial charge is 0.234 e. The lowest BCUT2D eigenvalue weighted by molar-refractivity contribution is -0.118. The van der Waals surface area contributed by atoms with Gasteiger partial charge >= 0.3 is 0 Å². The Balaban J connectivity index is 1.33. The number of ether oxygens (including phenoxy) is 2. The van der Waals surface area contributed by atoms with Gasteiger partial charge < -0.3 is 14.8 Å². The van der Waals surface area contributed by atoms with Crippen molar-refractivity contribution in [3.8, 4) is 11.5 Å². The van der Waals surface area contributed by atoms with E-state index in [1.807, 2.05) is 6.92 Å². The molecule has 0 bridgehead atoms. The molecule has 8 nitrogen and oxygen atoms in total. The molecule has 0 spiro atoms. The van der Waals surface area contributed by atoms with Gasteiger partial charge in [-0.2, -0.15) is 0 Å². The number of hydrogen-bond acceptors (Lipinski definition) is 8. The highest BCUT2D eigenvalue weighted by Gasteiger charge is 2.35. The van der Waals surface area contributed by atoms with E-state index in [-0.39, 0.29) is 23.6 Å². The van der Waals surface area contributed by atoms with Gasteiger partial charge in [-0.1, -0.05) is 30.0 Å². The molecule has 1 aliphatic heterocycles. The molecule has 2 aliphatic rings. The van der Waals surface area contributed by atoms with Gasteiger partial charge in [0, 0.05) is 30.6 Å². The molecular formula is C19H22N4O4S2. The minimum Gasteiger partial charge on any atom is -0.490 e. The number of rotatable bonds is 7. The Hall–Kier alpha value is -2.33. The molecule has 2 aromatic rings. The highest BCUT2D eigenvalue weighted by atomic mass is 32.2. The number of nitrogens with one attached hydrogen (secondary N) is 1. The minimum atomic E-state index is -0.148. The molecule has 1 N–H and O–H groups in total. The molecule has 10 heteroatoms. The van der Waals surface area contributed by atoms with E-state index in [1.165, 1.54) is 23.1 Å². The van der Waals surface area contributed by atoms with Crippen molar-refractivity contribution in [2.45, 2.75) is 43.0 Å². The lowest BCUT2D eigenvalue weighted by Crippen LogP contribution is -2.32. The third kappa shape index (κ3) is 4.99. The van der Waals surface area contributed by atoms with Crippen LogP contribution < -0.4 is 19.7 Å². The fourth-order valence-corrected chi connectivity index (χ4v) is 4.62. The topological polar surface area (TPSA) is 93.7 Å². The molecule has 0 radical (unpaired) electrons. The SMILES string of the molecule is CCC(=O)N(c1nnc(SCC(=O)Nc2ccc3c(c2)OCCCO3)s1)C1CC1. The maximum absolute atomic E-state index is 12.3. The molecule has 29 heavy (non-hydrogen) atoms. The van der Waals surface area contributed by atoms with Gasteiger partial charge in [0.25, 0.3) is 0 Å². The van der Waals surface area contributed by atoms with Crippen LogP contribution in [0.25, 0.3) is 0 Å². The summed E-state index contributed by atoms with van der Waals surface area (Å²) in [5, 5.41) is 11.8. The first-order valence-corrected chi connectivity index (χ1v) is 11.4. The molecule has 1 aliphatic carbocycles. The van der Waals surface area contributed by atoms with Crippen molar-refractivity contribution in [1.29, 1.82) is 0 Å². The molecule has 154 valence electrons. The van der Waals surface area contributed by atoms with Crippen molar-refractivity contribution in [2.24, 2.45) is 0 Å². The van der Waals surface area contributed by atoms with E-state index in [4.69, 9.17) is 9.47 Å². The third-order valence-electron chi connectivity index (χ3n) is 4.44. The normalized spacial score (nSPS) is 15.5. The lowest BCUT2D eigenvalue weighted by Gasteiger charge is -2.17. The average Bonchev–Trinajstić information content (AvgIpc) is 3.49. The minimum absolute atomic E-state index is 0.0624. The van der Waals surface area contributed by atoms with E-state index in [2.05, 4.69) is 15.5 Å². The van der Waals surface area contributed by atoms with Crippen molar-refractivity contribution in [1.82, 2.24) is 10.2 Å². The van der Waals surface area contributed by atoms with Gasteiger partial charge in [-0.3, -0.25) is 14.5 Å². The Bertz CT molecular complexity index is 900. The van der Waals surface area contributed by atoms with Gasteiger partial charge in [-0.15, -0.1) is 10.2 Å². The maximum Gasteiger partial charge on any atom is 0.234 e. The Kier molecular flexibility index (Phi) is 6.19. The summed E-state index contributed by atoms with van der Waals surface area (Å²) in [5.74, 6) is 1.45. The van der Waals surface area contributed by atoms with Crippen LogP contribution in [-0.4, -0.2) is 47.0 Å². The van der Waals surface area contributed by atoms with Gasteiger partial charge in [0.05, 0.1) is 19.0 Å². The zero-order valence-electron chi connectivity index (χ0n) is 16.1. The van der Waals surface area contributed by atoms with Crippen molar-refractivity contribution in [3.05, 3.63) is 18.2 Å². The maximum atomic E-state index is 12.3. The van der Waals surface area contributed by atoms with Gasteiger partial charge in [0.2, 0.25) is 16.9 Å². The monoisotopic (exact) mass is 434 g/mol. The molecule has 4 rings (SSSR count). The first-order chi connectivity index (χ1) is 14.1. The molecule has 0 saturated heterocycles. The van der Waals surface area contributed by atoms with Gasteiger partial charge in [-0.05, 0) is 25.0 Å². The van der Waals surface area contributed by atoms with E-state index in [1.54, 1.807) is 23.1 Å². The summed E-state index contributed by atoms with van der Waals surface area (Å²) in [7, 11) is 0. The summed E-state index contributed by atoms with van der Waals surface area (Å²) >= 11 is 2.66. The number of aromatic nitrogens is 2. The molecule has 0 atom stereocenters. The number of amides is 2. The number of anilines is 2. The third-order valence-corrected chi connectivity index (χ3v) is 6.50. The van der Waals surface area contributed by atoms with Gasteiger partial charge in [-0.25, -0.2) is 0 Å². The predicted molar refractivity (Wildman–Crippen MR) is 112 cm³/mol. The summed E-state index contributed by atoms with van der Waals surface area (Å²) in [6, 6.07) is 5.62. The van der Waals surface area contributed by atoms with Crippen LogP contribution in [0.5, 0.6) is 11.5 Å². The summed E-state index contributed by atoms with van der Waals surface area (Å²) in [6.45, 7) is 3.07. The van der Waals surface area contributed by atoms with Crippen molar-refractivity contribution < 1.29 is 19.1 Å². The summed E-state index contributed by atoms with van der Waals surface area (Å²) in [5.41, 5.74) is 0.659. The first kappa shape index (κ1) is 20.0. The number of carbonyl (C=O) groups excluding carboxylic acids is 2. The van der Waals surface area contributed by atoms with Crippen LogP contribution in [0.15, 0.2) is 22.5 Å². The number of benzene rings is 1. The molecule has 1 saturated carbocycles. The van der Waals surface area contributed by atoms with E-state index < -0.39 is 0 Å². The molecular weight excluding hydrogens is 412 g/mol. The van der Waals surface area contributed by atoms with Crippen molar-refractivity contribution in [2.75, 3.05) is 29.2 Å². The zero-order valence-corrected chi connectivity index (χ0v) is 17.7. The van der Waals surface area contributed by atoms with E-state index in [0.717, 1.165) is 19.3 Å². The highest BCUT2D eigenvalue weighted by molar-refractivity contribution is 8.01. The first-order valence-electron chi connectivity index (χ1n) is 9.62. The fourth-order valence-electron chi connectivity index (χ4n) is 2.89. The van der Waals surface area contributed by atoms with Crippen LogP contribution in [-0.2, 0) is 9.59 Å². The Morgan fingerprint density at radius 1 is 1.24 bits per heavy atom. The summed E-state index contributed by atoms with van der Waals surface area (Å²) < 4.78 is 11.9. The number of hydrogen-bond donors (Lipinski definition) is 1. The molecule has 1 aromatic carbocycles. The van der Waals surface area contributed by atoms with Crippen molar-refractivity contribution >= 4 is 45.7 Å². The largest absolute Gasteiger partial charge is 0.490 e. The van der Waals surface area contributed by atoms with Crippen LogP contribution in [0, 0.1) is 0 Å². The molecule has 1 fully saturated rings. The number of thioether (sulfide) groups is 1. The number of fused-ring (bicyclic) bond motifs is 1. The molecule has 1 aromatic heterocycles. The standard InChI is InChI=1S/C19H22N4O4S2/c1-2-17(25)23(13-5-6-13)18-21-22-19(29-18)28-11-16(24)20-12-4-7-14-15(10-12)27-9-3-8-26-14/h4,7,10,13H,2-3,5-6,8-9,11H2,1H3,(H,20,24). The van der Waals surface area contributed by atoms with Gasteiger partial charge in [0.15, 0.2) is 15.8 Å². The molecule has 2 heterocycles. The van der Waals surface area contributed by atoms with Crippen LogP contribution in [0.3, 0.4) is 0 Å². The van der Waals surface area contributed by atoms with Gasteiger partial charge in [0.1, 0.15) is 0 Å².